The second kappa shape index (κ2) is 10.9. The van der Waals surface area contributed by atoms with Gasteiger partial charge in [0.05, 0.1) is 6.04 Å². The Morgan fingerprint density at radius 1 is 0.781 bits per heavy atom. The Morgan fingerprint density at radius 3 is 1.97 bits per heavy atom. The van der Waals surface area contributed by atoms with E-state index in [1.54, 1.807) is 0 Å². The van der Waals surface area contributed by atoms with Crippen molar-refractivity contribution in [2.24, 2.45) is 0 Å². The van der Waals surface area contributed by atoms with Crippen LogP contribution in [0.15, 0.2) is 78.9 Å². The van der Waals surface area contributed by atoms with Gasteiger partial charge in [-0.05, 0) is 54.4 Å². The van der Waals surface area contributed by atoms with Crippen molar-refractivity contribution in [3.05, 3.63) is 90.0 Å². The van der Waals surface area contributed by atoms with E-state index < -0.39 is 0 Å². The maximum Gasteiger partial charge on any atom is 0.323 e. The molecule has 1 unspecified atom stereocenters. The minimum atomic E-state index is -0.312. The molecule has 0 aliphatic carbocycles. The Kier molecular flexibility index (Phi) is 7.70. The minimum Gasteiger partial charge on any atom is -0.378 e. The van der Waals surface area contributed by atoms with E-state index in [0.29, 0.717) is 12.2 Å². The zero-order valence-corrected chi connectivity index (χ0v) is 18.6. The van der Waals surface area contributed by atoms with Crippen molar-refractivity contribution in [2.75, 3.05) is 29.6 Å². The lowest BCUT2D eigenvalue weighted by Crippen LogP contribution is -2.36. The van der Waals surface area contributed by atoms with Crippen LogP contribution in [0.1, 0.15) is 24.1 Å². The second-order valence-corrected chi connectivity index (χ2v) is 7.68. The lowest BCUT2D eigenvalue weighted by atomic mass is 10.1. The highest BCUT2D eigenvalue weighted by atomic mass is 16.2. The fourth-order valence-electron chi connectivity index (χ4n) is 3.10. The first kappa shape index (κ1) is 22.7. The van der Waals surface area contributed by atoms with Crippen molar-refractivity contribution in [3.63, 3.8) is 0 Å². The third kappa shape index (κ3) is 6.77. The van der Waals surface area contributed by atoms with Crippen molar-refractivity contribution in [1.29, 1.82) is 0 Å². The number of hydrogen-bond acceptors (Lipinski definition) is 3. The zero-order chi connectivity index (χ0) is 22.9. The fourth-order valence-corrected chi connectivity index (χ4v) is 3.10. The minimum absolute atomic E-state index is 0.182. The van der Waals surface area contributed by atoms with Gasteiger partial charge in [-0.25, -0.2) is 9.59 Å². The van der Waals surface area contributed by atoms with Gasteiger partial charge in [-0.1, -0.05) is 42.5 Å². The van der Waals surface area contributed by atoms with E-state index in [-0.39, 0.29) is 18.1 Å². The molecule has 7 nitrogen and oxygen atoms in total. The molecule has 0 aliphatic heterocycles. The van der Waals surface area contributed by atoms with Crippen molar-refractivity contribution in [2.45, 2.75) is 19.5 Å². The van der Waals surface area contributed by atoms with Crippen LogP contribution >= 0.6 is 0 Å². The Hall–Kier alpha value is -4.00. The van der Waals surface area contributed by atoms with Crippen molar-refractivity contribution >= 4 is 29.1 Å². The first-order chi connectivity index (χ1) is 15.4. The Bertz CT molecular complexity index is 1020. The number of nitrogens with one attached hydrogen (secondary N) is 4. The van der Waals surface area contributed by atoms with Crippen molar-refractivity contribution < 1.29 is 9.59 Å². The SMILES string of the molecule is CC(NC(=O)NCc1ccc(N(C)C)cc1)c1ccc(NC(=O)Nc2ccccc2)cc1. The van der Waals surface area contributed by atoms with E-state index in [1.807, 2.05) is 105 Å². The lowest BCUT2D eigenvalue weighted by Gasteiger charge is -2.16. The summed E-state index contributed by atoms with van der Waals surface area (Å²) in [5.74, 6) is 0. The molecule has 0 fully saturated rings. The topological polar surface area (TPSA) is 85.5 Å². The van der Waals surface area contributed by atoms with Crippen LogP contribution < -0.4 is 26.2 Å². The van der Waals surface area contributed by atoms with Crippen LogP contribution in [-0.2, 0) is 6.54 Å². The lowest BCUT2D eigenvalue weighted by molar-refractivity contribution is 0.237. The average molecular weight is 432 g/mol. The van der Waals surface area contributed by atoms with E-state index in [9.17, 15) is 9.59 Å². The summed E-state index contributed by atoms with van der Waals surface area (Å²) in [5, 5.41) is 11.4. The number of urea groups is 2. The molecule has 7 heteroatoms. The van der Waals surface area contributed by atoms with Gasteiger partial charge >= 0.3 is 12.1 Å². The summed E-state index contributed by atoms with van der Waals surface area (Å²) < 4.78 is 0. The van der Waals surface area contributed by atoms with Gasteiger partial charge in [0, 0.05) is 37.7 Å². The van der Waals surface area contributed by atoms with Gasteiger partial charge in [0.15, 0.2) is 0 Å². The molecule has 0 aromatic heterocycles. The molecule has 3 aromatic carbocycles. The molecule has 0 bridgehead atoms. The van der Waals surface area contributed by atoms with Crippen LogP contribution in [0.5, 0.6) is 0 Å². The highest BCUT2D eigenvalue weighted by molar-refractivity contribution is 5.99. The summed E-state index contributed by atoms with van der Waals surface area (Å²) in [6, 6.07) is 23.9. The number of para-hydroxylation sites is 1. The number of rotatable bonds is 7. The summed E-state index contributed by atoms with van der Waals surface area (Å²) in [5.41, 5.74) is 4.47. The molecule has 1 atom stereocenters. The monoisotopic (exact) mass is 431 g/mol. The first-order valence-electron chi connectivity index (χ1n) is 10.4. The van der Waals surface area contributed by atoms with Crippen LogP contribution in [0.2, 0.25) is 0 Å². The van der Waals surface area contributed by atoms with Crippen LogP contribution in [0.3, 0.4) is 0 Å². The van der Waals surface area contributed by atoms with Gasteiger partial charge in [0.2, 0.25) is 0 Å². The zero-order valence-electron chi connectivity index (χ0n) is 18.6. The van der Waals surface area contributed by atoms with E-state index in [2.05, 4.69) is 21.3 Å². The molecule has 32 heavy (non-hydrogen) atoms. The maximum absolute atomic E-state index is 12.3. The largest absolute Gasteiger partial charge is 0.378 e. The third-order valence-electron chi connectivity index (χ3n) is 4.95. The van der Waals surface area contributed by atoms with Crippen LogP contribution in [-0.4, -0.2) is 26.2 Å². The quantitative estimate of drug-likeness (QED) is 0.427. The molecular formula is C25H29N5O2. The molecule has 4 N–H and O–H groups in total. The molecule has 3 aromatic rings. The summed E-state index contributed by atoms with van der Waals surface area (Å²) in [4.78, 5) is 26.4. The molecule has 3 rings (SSSR count). The van der Waals surface area contributed by atoms with Crippen LogP contribution in [0, 0.1) is 0 Å². The summed E-state index contributed by atoms with van der Waals surface area (Å²) in [6.45, 7) is 2.36. The summed E-state index contributed by atoms with van der Waals surface area (Å²) in [6.07, 6.45) is 0. The molecule has 0 spiro atoms. The van der Waals surface area contributed by atoms with Gasteiger partial charge in [0.1, 0.15) is 0 Å². The number of carbonyl (C=O) groups excluding carboxylic acids is 2. The number of amides is 4. The van der Waals surface area contributed by atoms with E-state index >= 15 is 0 Å². The highest BCUT2D eigenvalue weighted by Gasteiger charge is 2.10. The summed E-state index contributed by atoms with van der Waals surface area (Å²) >= 11 is 0. The van der Waals surface area contributed by atoms with Gasteiger partial charge < -0.3 is 26.2 Å². The fraction of sp³-hybridized carbons (Fsp3) is 0.200. The normalized spacial score (nSPS) is 11.2. The average Bonchev–Trinajstić information content (AvgIpc) is 2.79. The van der Waals surface area contributed by atoms with Gasteiger partial charge in [-0.3, -0.25) is 0 Å². The third-order valence-corrected chi connectivity index (χ3v) is 4.95. The molecule has 0 aliphatic rings. The van der Waals surface area contributed by atoms with E-state index in [4.69, 9.17) is 0 Å². The molecule has 0 radical (unpaired) electrons. The predicted octanol–water partition coefficient (Wildman–Crippen LogP) is 4.96. The molecule has 4 amide bonds. The number of benzene rings is 3. The predicted molar refractivity (Wildman–Crippen MR) is 130 cm³/mol. The standard InChI is InChI=1S/C25H29N5O2/c1-18(27-24(31)26-17-19-9-15-23(16-10-19)30(2)3)20-11-13-22(14-12-20)29-25(32)28-21-7-5-4-6-8-21/h4-16,18H,17H2,1-3H3,(H2,26,27,31)(H2,28,29,32). The van der Waals surface area contributed by atoms with E-state index in [0.717, 1.165) is 22.5 Å². The van der Waals surface area contributed by atoms with E-state index in [1.165, 1.54) is 0 Å². The Morgan fingerprint density at radius 2 is 1.38 bits per heavy atom. The van der Waals surface area contributed by atoms with Crippen molar-refractivity contribution in [3.8, 4) is 0 Å². The molecular weight excluding hydrogens is 402 g/mol. The van der Waals surface area contributed by atoms with Gasteiger partial charge in [0.25, 0.3) is 0 Å². The van der Waals surface area contributed by atoms with Crippen LogP contribution in [0.4, 0.5) is 26.7 Å². The smallest absolute Gasteiger partial charge is 0.323 e. The Labute approximate surface area is 188 Å². The molecule has 166 valence electrons. The second-order valence-electron chi connectivity index (χ2n) is 7.68. The number of carbonyl (C=O) groups is 2. The van der Waals surface area contributed by atoms with Crippen molar-refractivity contribution in [1.82, 2.24) is 10.6 Å². The van der Waals surface area contributed by atoms with Gasteiger partial charge in [-0.15, -0.1) is 0 Å². The Balaban J connectivity index is 1.45. The molecule has 0 saturated heterocycles. The number of anilines is 3. The maximum atomic E-state index is 12.3. The first-order valence-corrected chi connectivity index (χ1v) is 10.4. The summed E-state index contributed by atoms with van der Waals surface area (Å²) in [7, 11) is 3.98. The van der Waals surface area contributed by atoms with Crippen LogP contribution in [0.25, 0.3) is 0 Å². The highest BCUT2D eigenvalue weighted by Crippen LogP contribution is 2.17. The molecule has 0 saturated carbocycles. The number of hydrogen-bond donors (Lipinski definition) is 4. The molecule has 0 heterocycles. The number of nitrogens with zero attached hydrogens (tertiary/aromatic N) is 1. The van der Waals surface area contributed by atoms with Gasteiger partial charge in [-0.2, -0.15) is 0 Å².